The summed E-state index contributed by atoms with van der Waals surface area (Å²) in [4.78, 5) is 15.0. The average Bonchev–Trinajstić information content (AvgIpc) is 3.21. The number of rotatable bonds is 4. The topological polar surface area (TPSA) is 78.2 Å². The highest BCUT2D eigenvalue weighted by atomic mass is 19.4. The summed E-state index contributed by atoms with van der Waals surface area (Å²) in [6.45, 7) is 0. The lowest BCUT2D eigenvalue weighted by molar-refractivity contribution is -0.137. The van der Waals surface area contributed by atoms with E-state index in [4.69, 9.17) is 0 Å². The van der Waals surface area contributed by atoms with Crippen molar-refractivity contribution in [3.8, 4) is 17.2 Å². The molecule has 4 rings (SSSR count). The summed E-state index contributed by atoms with van der Waals surface area (Å²) in [6, 6.07) is 7.53. The molecule has 1 heterocycles. The minimum Gasteiger partial charge on any atom is -0.508 e. The number of aromatic amines is 1. The molecule has 0 atom stereocenters. The predicted molar refractivity (Wildman–Crippen MR) is 101 cm³/mol. The smallest absolute Gasteiger partial charge is 0.416 e. The molecule has 3 N–H and O–H groups in total. The summed E-state index contributed by atoms with van der Waals surface area (Å²) >= 11 is 0. The third-order valence-electron chi connectivity index (χ3n) is 4.98. The van der Waals surface area contributed by atoms with Gasteiger partial charge in [0.2, 0.25) is 0 Å². The molecule has 0 amide bonds. The zero-order chi connectivity index (χ0) is 20.8. The molecule has 5 nitrogen and oxygen atoms in total. The van der Waals surface area contributed by atoms with Gasteiger partial charge in [-0.1, -0.05) is 24.3 Å². The fourth-order valence-electron chi connectivity index (χ4n) is 3.48. The number of aromatic nitrogens is 2. The Kier molecular flexibility index (Phi) is 4.49. The molecule has 0 saturated carbocycles. The second-order valence-corrected chi connectivity index (χ2v) is 6.87. The predicted octanol–water partition coefficient (Wildman–Crippen LogP) is 2.35. The summed E-state index contributed by atoms with van der Waals surface area (Å²) in [5, 5.41) is 21.8. The van der Waals surface area contributed by atoms with Crippen LogP contribution >= 0.6 is 0 Å². The molecule has 2 aromatic carbocycles. The van der Waals surface area contributed by atoms with Gasteiger partial charge in [0.25, 0.3) is 0 Å². The number of phenols is 2. The SMILES string of the molecule is O=c1[nH]c2c(n1-c1cc(CCc3ccc(C(F)(F)F)cc3)c(O)cc1O)=CCC=2. The first-order chi connectivity index (χ1) is 13.7. The van der Waals surface area contributed by atoms with Crippen molar-refractivity contribution in [3.63, 3.8) is 0 Å². The summed E-state index contributed by atoms with van der Waals surface area (Å²) in [5.74, 6) is -0.390. The third kappa shape index (κ3) is 3.53. The van der Waals surface area contributed by atoms with E-state index in [0.29, 0.717) is 41.1 Å². The van der Waals surface area contributed by atoms with E-state index in [1.807, 2.05) is 12.2 Å². The van der Waals surface area contributed by atoms with Gasteiger partial charge in [-0.25, -0.2) is 4.79 Å². The maximum absolute atomic E-state index is 12.7. The van der Waals surface area contributed by atoms with E-state index in [1.165, 1.54) is 28.8 Å². The normalized spacial score (nSPS) is 13.1. The van der Waals surface area contributed by atoms with Gasteiger partial charge >= 0.3 is 11.9 Å². The van der Waals surface area contributed by atoms with Crippen molar-refractivity contribution in [1.29, 1.82) is 0 Å². The Bertz CT molecular complexity index is 1250. The van der Waals surface area contributed by atoms with Gasteiger partial charge in [0.05, 0.1) is 21.9 Å². The van der Waals surface area contributed by atoms with Crippen LogP contribution in [0.4, 0.5) is 13.2 Å². The third-order valence-corrected chi connectivity index (χ3v) is 4.98. The minimum absolute atomic E-state index is 0.145. The molecule has 0 fully saturated rings. The lowest BCUT2D eigenvalue weighted by Crippen LogP contribution is -2.29. The summed E-state index contributed by atoms with van der Waals surface area (Å²) in [6.07, 6.45) is 0.692. The lowest BCUT2D eigenvalue weighted by atomic mass is 10.0. The molecular formula is C21H17F3N2O3. The fourth-order valence-corrected chi connectivity index (χ4v) is 3.48. The van der Waals surface area contributed by atoms with Gasteiger partial charge in [0.1, 0.15) is 11.5 Å². The highest BCUT2D eigenvalue weighted by Crippen LogP contribution is 2.31. The fraction of sp³-hybridized carbons (Fsp3) is 0.190. The monoisotopic (exact) mass is 402 g/mol. The molecule has 0 saturated heterocycles. The van der Waals surface area contributed by atoms with Gasteiger partial charge in [-0.15, -0.1) is 0 Å². The molecule has 1 aromatic heterocycles. The van der Waals surface area contributed by atoms with Gasteiger partial charge in [-0.3, -0.25) is 4.57 Å². The number of aromatic hydroxyl groups is 2. The van der Waals surface area contributed by atoms with Gasteiger partial charge < -0.3 is 15.2 Å². The second-order valence-electron chi connectivity index (χ2n) is 6.87. The molecule has 150 valence electrons. The van der Waals surface area contributed by atoms with Crippen LogP contribution in [-0.2, 0) is 19.0 Å². The molecule has 1 aliphatic carbocycles. The summed E-state index contributed by atoms with van der Waals surface area (Å²) in [5.41, 5.74) is 0.261. The maximum atomic E-state index is 12.7. The standard InChI is InChI=1S/C21H17F3N2O3/c22-21(23,24)14-8-5-12(6-9-14)4-7-13-10-17(19(28)11-18(13)27)26-16-3-1-2-15(16)25-20(26)29/h2-3,5-6,8-11,27-28H,1,4,7H2,(H,25,29). The number of nitrogens with one attached hydrogen (secondary N) is 1. The number of H-pyrrole nitrogens is 1. The van der Waals surface area contributed by atoms with Crippen LogP contribution in [0.2, 0.25) is 0 Å². The minimum atomic E-state index is -4.39. The molecule has 29 heavy (non-hydrogen) atoms. The number of alkyl halides is 3. The van der Waals surface area contributed by atoms with Crippen LogP contribution in [0.25, 0.3) is 17.8 Å². The van der Waals surface area contributed by atoms with E-state index in [9.17, 15) is 28.2 Å². The molecule has 0 unspecified atom stereocenters. The Balaban J connectivity index is 1.64. The molecule has 8 heteroatoms. The Labute approximate surface area is 162 Å². The van der Waals surface area contributed by atoms with E-state index >= 15 is 0 Å². The van der Waals surface area contributed by atoms with Crippen molar-refractivity contribution >= 4 is 12.2 Å². The molecule has 0 radical (unpaired) electrons. The van der Waals surface area contributed by atoms with Crippen LogP contribution in [0, 0.1) is 0 Å². The molecule has 1 aliphatic rings. The van der Waals surface area contributed by atoms with Crippen LogP contribution in [-0.4, -0.2) is 19.8 Å². The number of fused-ring (bicyclic) bond motifs is 1. The second kappa shape index (κ2) is 6.88. The first-order valence-electron chi connectivity index (χ1n) is 8.97. The number of hydrogen-bond acceptors (Lipinski definition) is 3. The van der Waals surface area contributed by atoms with Crippen LogP contribution in [0.1, 0.15) is 23.1 Å². The molecular weight excluding hydrogens is 385 g/mol. The van der Waals surface area contributed by atoms with Crippen molar-refractivity contribution in [2.24, 2.45) is 0 Å². The van der Waals surface area contributed by atoms with E-state index in [-0.39, 0.29) is 17.2 Å². The highest BCUT2D eigenvalue weighted by molar-refractivity contribution is 5.55. The quantitative estimate of drug-likeness (QED) is 0.627. The number of phenolic OH excluding ortho intramolecular Hbond substituents is 2. The van der Waals surface area contributed by atoms with E-state index in [0.717, 1.165) is 12.1 Å². The zero-order valence-corrected chi connectivity index (χ0v) is 15.1. The van der Waals surface area contributed by atoms with Crippen molar-refractivity contribution in [2.75, 3.05) is 0 Å². The number of imidazole rings is 1. The van der Waals surface area contributed by atoms with Crippen LogP contribution in [0.5, 0.6) is 11.5 Å². The summed E-state index contributed by atoms with van der Waals surface area (Å²) < 4.78 is 39.4. The van der Waals surface area contributed by atoms with E-state index in [2.05, 4.69) is 4.98 Å². The van der Waals surface area contributed by atoms with Gasteiger partial charge in [0.15, 0.2) is 0 Å². The van der Waals surface area contributed by atoms with E-state index in [1.54, 1.807) is 0 Å². The van der Waals surface area contributed by atoms with Gasteiger partial charge in [-0.05, 0) is 48.6 Å². The first-order valence-corrected chi connectivity index (χ1v) is 8.97. The molecule has 0 bridgehead atoms. The Morgan fingerprint density at radius 3 is 2.41 bits per heavy atom. The Morgan fingerprint density at radius 1 is 1.00 bits per heavy atom. The Morgan fingerprint density at radius 2 is 1.72 bits per heavy atom. The lowest BCUT2D eigenvalue weighted by Gasteiger charge is -2.11. The molecule has 0 aliphatic heterocycles. The number of halogens is 3. The largest absolute Gasteiger partial charge is 0.508 e. The number of nitrogens with zero attached hydrogens (tertiary/aromatic N) is 1. The van der Waals surface area contributed by atoms with Crippen molar-refractivity contribution < 1.29 is 23.4 Å². The van der Waals surface area contributed by atoms with Crippen LogP contribution in [0.15, 0.2) is 41.2 Å². The molecule has 0 spiro atoms. The first kappa shape index (κ1) is 18.9. The van der Waals surface area contributed by atoms with Crippen molar-refractivity contribution in [1.82, 2.24) is 9.55 Å². The number of hydrogen-bond donors (Lipinski definition) is 3. The average molecular weight is 402 g/mol. The van der Waals surface area contributed by atoms with E-state index < -0.39 is 17.4 Å². The van der Waals surface area contributed by atoms with Crippen LogP contribution < -0.4 is 16.4 Å². The zero-order valence-electron chi connectivity index (χ0n) is 15.1. The summed E-state index contributed by atoms with van der Waals surface area (Å²) in [7, 11) is 0. The number of aryl methyl sites for hydroxylation is 2. The van der Waals surface area contributed by atoms with Gasteiger partial charge in [0, 0.05) is 6.07 Å². The van der Waals surface area contributed by atoms with Crippen molar-refractivity contribution in [3.05, 3.63) is 74.3 Å². The highest BCUT2D eigenvalue weighted by Gasteiger charge is 2.29. The van der Waals surface area contributed by atoms with Gasteiger partial charge in [-0.2, -0.15) is 13.2 Å². The van der Waals surface area contributed by atoms with Crippen molar-refractivity contribution in [2.45, 2.75) is 25.4 Å². The van der Waals surface area contributed by atoms with Crippen LogP contribution in [0.3, 0.4) is 0 Å². The Hall–Kier alpha value is -3.42. The molecule has 3 aromatic rings. The number of benzene rings is 2. The maximum Gasteiger partial charge on any atom is 0.416 e.